The van der Waals surface area contributed by atoms with Crippen LogP contribution >= 0.6 is 11.6 Å². The largest absolute Gasteiger partial charge is 0.333 e. The van der Waals surface area contributed by atoms with Crippen LogP contribution in [0.2, 0.25) is 5.02 Å². The minimum absolute atomic E-state index is 0.0557. The molecule has 0 radical (unpaired) electrons. The molecular weight excluding hydrogens is 448 g/mol. The maximum Gasteiger partial charge on any atom is 0.245 e. The van der Waals surface area contributed by atoms with Crippen molar-refractivity contribution < 1.29 is 9.59 Å². The van der Waals surface area contributed by atoms with Crippen LogP contribution in [0.25, 0.3) is 5.69 Å². The molecule has 1 saturated carbocycles. The summed E-state index contributed by atoms with van der Waals surface area (Å²) in [6, 6.07) is 9.26. The Bertz CT molecular complexity index is 956. The van der Waals surface area contributed by atoms with Crippen molar-refractivity contribution in [3.8, 4) is 5.69 Å². The number of benzene rings is 1. The van der Waals surface area contributed by atoms with E-state index in [-0.39, 0.29) is 23.8 Å². The summed E-state index contributed by atoms with van der Waals surface area (Å²) in [6.07, 6.45) is 8.34. The van der Waals surface area contributed by atoms with Crippen LogP contribution in [0.15, 0.2) is 30.3 Å². The number of hydrogen-bond donors (Lipinski definition) is 1. The Morgan fingerprint density at radius 2 is 1.85 bits per heavy atom. The van der Waals surface area contributed by atoms with Crippen molar-refractivity contribution in [3.63, 3.8) is 0 Å². The Kier molecular flexibility index (Phi) is 9.17. The molecule has 0 unspecified atom stereocenters. The van der Waals surface area contributed by atoms with Gasteiger partial charge in [-0.1, -0.05) is 71.4 Å². The van der Waals surface area contributed by atoms with E-state index in [1.54, 1.807) is 21.7 Å². The number of halogens is 1. The van der Waals surface area contributed by atoms with Gasteiger partial charge in [0.1, 0.15) is 5.82 Å². The first-order valence-corrected chi connectivity index (χ1v) is 13.0. The van der Waals surface area contributed by atoms with Crippen molar-refractivity contribution in [1.82, 2.24) is 14.7 Å². The van der Waals surface area contributed by atoms with E-state index >= 15 is 0 Å². The fourth-order valence-electron chi connectivity index (χ4n) is 4.40. The summed E-state index contributed by atoms with van der Waals surface area (Å²) < 4.78 is 1.73. The molecule has 1 fully saturated rings. The van der Waals surface area contributed by atoms with Gasteiger partial charge in [-0.05, 0) is 43.0 Å². The zero-order valence-electron chi connectivity index (χ0n) is 21.1. The molecule has 1 aromatic carbocycles. The Morgan fingerprint density at radius 3 is 2.47 bits per heavy atom. The number of nitrogens with zero attached hydrogens (tertiary/aromatic N) is 3. The lowest BCUT2D eigenvalue weighted by atomic mass is 9.92. The Morgan fingerprint density at radius 1 is 1.18 bits per heavy atom. The lowest BCUT2D eigenvalue weighted by molar-refractivity contribution is -0.135. The third kappa shape index (κ3) is 7.33. The smallest absolute Gasteiger partial charge is 0.245 e. The average molecular weight is 487 g/mol. The lowest BCUT2D eigenvalue weighted by Crippen LogP contribution is -2.39. The van der Waals surface area contributed by atoms with Crippen molar-refractivity contribution >= 4 is 29.2 Å². The fraction of sp³-hybridized carbons (Fsp3) is 0.593. The van der Waals surface area contributed by atoms with E-state index in [1.165, 1.54) is 25.7 Å². The number of hydrogen-bond acceptors (Lipinski definition) is 3. The van der Waals surface area contributed by atoms with Gasteiger partial charge in [0.05, 0.1) is 17.9 Å². The van der Waals surface area contributed by atoms with Crippen molar-refractivity contribution in [3.05, 3.63) is 41.0 Å². The second kappa shape index (κ2) is 11.9. The van der Waals surface area contributed by atoms with Gasteiger partial charge < -0.3 is 10.2 Å². The van der Waals surface area contributed by atoms with Gasteiger partial charge in [-0.15, -0.1) is 0 Å². The highest BCUT2D eigenvalue weighted by atomic mass is 35.5. The number of amides is 2. The van der Waals surface area contributed by atoms with Crippen molar-refractivity contribution in [2.45, 2.75) is 84.5 Å². The van der Waals surface area contributed by atoms with E-state index in [0.717, 1.165) is 30.6 Å². The monoisotopic (exact) mass is 486 g/mol. The summed E-state index contributed by atoms with van der Waals surface area (Å²) in [5, 5.41) is 8.40. The maximum absolute atomic E-state index is 13.1. The molecule has 1 aromatic heterocycles. The van der Waals surface area contributed by atoms with E-state index in [2.05, 4.69) is 33.0 Å². The molecule has 0 saturated heterocycles. The van der Waals surface area contributed by atoms with Crippen molar-refractivity contribution in [2.24, 2.45) is 5.92 Å². The van der Waals surface area contributed by atoms with Gasteiger partial charge in [0.2, 0.25) is 11.8 Å². The summed E-state index contributed by atoms with van der Waals surface area (Å²) in [7, 11) is 0. The summed E-state index contributed by atoms with van der Waals surface area (Å²) >= 11 is 6.06. The molecule has 2 aromatic rings. The fourth-order valence-corrected chi connectivity index (χ4v) is 4.52. The molecule has 0 aliphatic heterocycles. The molecule has 186 valence electrons. The summed E-state index contributed by atoms with van der Waals surface area (Å²) in [6.45, 7) is 9.02. The van der Waals surface area contributed by atoms with Gasteiger partial charge in [0.15, 0.2) is 0 Å². The number of anilines is 1. The molecule has 3 rings (SSSR count). The van der Waals surface area contributed by atoms with E-state index in [1.807, 2.05) is 18.2 Å². The van der Waals surface area contributed by atoms with Gasteiger partial charge in [0.25, 0.3) is 0 Å². The van der Waals surface area contributed by atoms with Gasteiger partial charge >= 0.3 is 0 Å². The zero-order valence-corrected chi connectivity index (χ0v) is 21.8. The first-order valence-electron chi connectivity index (χ1n) is 12.6. The predicted octanol–water partition coefficient (Wildman–Crippen LogP) is 6.36. The Labute approximate surface area is 209 Å². The molecule has 2 amide bonds. The molecule has 34 heavy (non-hydrogen) atoms. The van der Waals surface area contributed by atoms with Crippen LogP contribution in [0, 0.1) is 5.92 Å². The number of aromatic nitrogens is 2. The number of carbonyl (C=O) groups excluding carboxylic acids is 2. The van der Waals surface area contributed by atoms with Crippen LogP contribution in [0.1, 0.15) is 84.8 Å². The van der Waals surface area contributed by atoms with Crippen LogP contribution in [0.5, 0.6) is 0 Å². The van der Waals surface area contributed by atoms with E-state index in [0.29, 0.717) is 29.7 Å². The van der Waals surface area contributed by atoms with E-state index in [4.69, 9.17) is 16.7 Å². The third-order valence-electron chi connectivity index (χ3n) is 6.53. The lowest BCUT2D eigenvalue weighted by Gasteiger charge is -2.23. The molecule has 0 atom stereocenters. The molecule has 1 heterocycles. The normalized spacial score (nSPS) is 14.4. The zero-order chi connectivity index (χ0) is 24.7. The number of rotatable bonds is 10. The van der Waals surface area contributed by atoms with Crippen LogP contribution < -0.4 is 5.32 Å². The highest BCUT2D eigenvalue weighted by Crippen LogP contribution is 2.29. The third-order valence-corrected chi connectivity index (χ3v) is 6.78. The summed E-state index contributed by atoms with van der Waals surface area (Å²) in [5.74, 6) is 1.12. The SMILES string of the molecule is CCCCN(CC(=O)Nc1cc(C(C)(C)C)nn1-c1ccc(Cl)cc1)C(=O)CCC1CCCC1. The molecule has 1 aliphatic carbocycles. The first-order chi connectivity index (χ1) is 16.2. The highest BCUT2D eigenvalue weighted by Gasteiger charge is 2.24. The molecule has 0 spiro atoms. The van der Waals surface area contributed by atoms with Crippen LogP contribution in [-0.4, -0.2) is 39.6 Å². The minimum Gasteiger partial charge on any atom is -0.333 e. The molecular formula is C27H39ClN4O2. The number of carbonyl (C=O) groups is 2. The maximum atomic E-state index is 13.1. The van der Waals surface area contributed by atoms with Gasteiger partial charge in [0, 0.05) is 29.5 Å². The second-order valence-electron chi connectivity index (χ2n) is 10.5. The van der Waals surface area contributed by atoms with Crippen molar-refractivity contribution in [1.29, 1.82) is 0 Å². The predicted molar refractivity (Wildman–Crippen MR) is 139 cm³/mol. The van der Waals surface area contributed by atoms with Gasteiger partial charge in [-0.3, -0.25) is 9.59 Å². The van der Waals surface area contributed by atoms with E-state index < -0.39 is 0 Å². The quantitative estimate of drug-likeness (QED) is 0.424. The Balaban J connectivity index is 1.73. The highest BCUT2D eigenvalue weighted by molar-refractivity contribution is 6.30. The summed E-state index contributed by atoms with van der Waals surface area (Å²) in [5.41, 5.74) is 1.50. The second-order valence-corrected chi connectivity index (χ2v) is 10.9. The van der Waals surface area contributed by atoms with Crippen LogP contribution in [-0.2, 0) is 15.0 Å². The van der Waals surface area contributed by atoms with Crippen LogP contribution in [0.4, 0.5) is 5.82 Å². The molecule has 6 nitrogen and oxygen atoms in total. The minimum atomic E-state index is -0.208. The first kappa shape index (κ1) is 26.3. The molecule has 1 aliphatic rings. The summed E-state index contributed by atoms with van der Waals surface area (Å²) in [4.78, 5) is 27.8. The number of nitrogens with one attached hydrogen (secondary N) is 1. The topological polar surface area (TPSA) is 67.2 Å². The van der Waals surface area contributed by atoms with Crippen LogP contribution in [0.3, 0.4) is 0 Å². The van der Waals surface area contributed by atoms with Gasteiger partial charge in [-0.25, -0.2) is 4.68 Å². The van der Waals surface area contributed by atoms with E-state index in [9.17, 15) is 9.59 Å². The molecule has 0 bridgehead atoms. The standard InChI is InChI=1S/C27H39ClN4O2/c1-5-6-17-31(26(34)16-11-20-9-7-8-10-20)19-25(33)29-24-18-23(27(2,3)4)30-32(24)22-14-12-21(28)13-15-22/h12-15,18,20H,5-11,16-17,19H2,1-4H3,(H,29,33). The average Bonchev–Trinajstić information content (AvgIpc) is 3.45. The molecule has 7 heteroatoms. The number of unbranched alkanes of at least 4 members (excludes halogenated alkanes) is 1. The Hall–Kier alpha value is -2.34. The van der Waals surface area contributed by atoms with Gasteiger partial charge in [-0.2, -0.15) is 5.10 Å². The molecule has 1 N–H and O–H groups in total. The van der Waals surface area contributed by atoms with Crippen molar-refractivity contribution in [2.75, 3.05) is 18.4 Å².